The van der Waals surface area contributed by atoms with E-state index < -0.39 is 29.1 Å². The van der Waals surface area contributed by atoms with Crippen LogP contribution >= 0.6 is 12.1 Å². The number of nitrogens with zero attached hydrogens (tertiary/aromatic N) is 3. The predicted molar refractivity (Wildman–Crippen MR) is 230 cm³/mol. The highest BCUT2D eigenvalue weighted by atomic mass is 32.2. The Hall–Kier alpha value is -2.38. The lowest BCUT2D eigenvalue weighted by Crippen LogP contribution is -2.63. The molecule has 58 heavy (non-hydrogen) atoms. The first kappa shape index (κ1) is 45.2. The fraction of sp³-hybridized carbons (Fsp3) is 0.889. The maximum absolute atomic E-state index is 15.3. The van der Waals surface area contributed by atoms with Gasteiger partial charge in [0.2, 0.25) is 23.6 Å². The van der Waals surface area contributed by atoms with Gasteiger partial charge in [-0.15, -0.1) is 0 Å². The second-order valence-electron chi connectivity index (χ2n) is 20.8. The van der Waals surface area contributed by atoms with Crippen LogP contribution in [0.25, 0.3) is 0 Å². The molecule has 4 saturated carbocycles. The first-order chi connectivity index (χ1) is 27.3. The van der Waals surface area contributed by atoms with Crippen molar-refractivity contribution in [3.05, 3.63) is 0 Å². The molecule has 4 aliphatic carbocycles. The van der Waals surface area contributed by atoms with Gasteiger partial charge < -0.3 is 20.9 Å². The SMILES string of the molecule is CCC1CC1(NC(=O)C1CC2(CN1C(=O)C(NC(=O)C(NC(=O)C1CCCCN1C(C)C)C1CCCCC1)C(C)(C)C)C(C)(C)C21CCC1)C(=O)NSN(CC)CC. The van der Waals surface area contributed by atoms with E-state index >= 15 is 4.79 Å². The molecule has 2 heterocycles. The van der Waals surface area contributed by atoms with Gasteiger partial charge in [-0.05, 0) is 99.8 Å². The molecular formula is C45H77N7O5S. The van der Waals surface area contributed by atoms with Gasteiger partial charge in [0.25, 0.3) is 5.91 Å². The molecule has 13 heteroatoms. The minimum absolute atomic E-state index is 0.0124. The molecule has 4 N–H and O–H groups in total. The number of nitrogens with one attached hydrogen (secondary N) is 4. The summed E-state index contributed by atoms with van der Waals surface area (Å²) in [6.07, 6.45) is 12.8. The Balaban J connectivity index is 1.26. The minimum atomic E-state index is -1.02. The van der Waals surface area contributed by atoms with Gasteiger partial charge in [0.05, 0.1) is 6.04 Å². The fourth-order valence-corrected chi connectivity index (χ4v) is 12.9. The van der Waals surface area contributed by atoms with Crippen molar-refractivity contribution in [2.45, 2.75) is 195 Å². The number of rotatable bonds is 15. The molecule has 2 saturated heterocycles. The standard InChI is InChI=1S/C45H77N7O5S/c1-11-31-26-45(31,40(57)49-58-50(12-2)13-3)48-37(54)33-27-44(42(9,10)43(44)23-19-24-43)28-52(33)39(56)35(41(6,7)8)47-38(55)34(30-20-15-14-16-21-30)46-36(53)32-22-17-18-25-51(32)29(4)5/h29-35H,11-28H2,1-10H3,(H,46,53)(H,47,55)(H,48,54)(H,49,57). The second kappa shape index (κ2) is 17.2. The second-order valence-corrected chi connectivity index (χ2v) is 21.7. The van der Waals surface area contributed by atoms with E-state index in [1.807, 2.05) is 45.8 Å². The molecule has 6 aliphatic rings. The van der Waals surface area contributed by atoms with Crippen LogP contribution in [-0.2, 0) is 24.0 Å². The first-order valence-electron chi connectivity index (χ1n) is 23.1. The number of hydrogen-bond donors (Lipinski definition) is 4. The summed E-state index contributed by atoms with van der Waals surface area (Å²) < 4.78 is 5.07. The Morgan fingerprint density at radius 2 is 1.47 bits per heavy atom. The van der Waals surface area contributed by atoms with Crippen molar-refractivity contribution in [2.75, 3.05) is 26.2 Å². The van der Waals surface area contributed by atoms with Crippen molar-refractivity contribution >= 4 is 41.7 Å². The van der Waals surface area contributed by atoms with Crippen LogP contribution in [-0.4, -0.2) is 106 Å². The highest BCUT2D eigenvalue weighted by molar-refractivity contribution is 7.95. The van der Waals surface area contributed by atoms with Crippen LogP contribution in [0.3, 0.4) is 0 Å². The van der Waals surface area contributed by atoms with Crippen molar-refractivity contribution in [1.82, 2.24) is 34.8 Å². The third-order valence-corrected chi connectivity index (χ3v) is 17.4. The third-order valence-electron chi connectivity index (χ3n) is 16.3. The number of carbonyl (C=O) groups excluding carboxylic acids is 5. The molecule has 0 radical (unpaired) electrons. The van der Waals surface area contributed by atoms with Crippen LogP contribution in [0.2, 0.25) is 0 Å². The van der Waals surface area contributed by atoms with E-state index in [2.05, 4.69) is 53.3 Å². The molecule has 5 amide bonds. The Labute approximate surface area is 353 Å². The Bertz CT molecular complexity index is 1550. The highest BCUT2D eigenvalue weighted by Crippen LogP contribution is 2.88. The zero-order valence-electron chi connectivity index (χ0n) is 37.6. The van der Waals surface area contributed by atoms with Gasteiger partial charge in [0, 0.05) is 43.2 Å². The third kappa shape index (κ3) is 7.95. The van der Waals surface area contributed by atoms with Gasteiger partial charge in [0.15, 0.2) is 0 Å². The quantitative estimate of drug-likeness (QED) is 0.149. The van der Waals surface area contributed by atoms with Gasteiger partial charge >= 0.3 is 0 Å². The number of carbonyl (C=O) groups is 5. The maximum Gasteiger partial charge on any atom is 0.256 e. The van der Waals surface area contributed by atoms with Gasteiger partial charge in [-0.25, -0.2) is 4.31 Å². The van der Waals surface area contributed by atoms with Crippen molar-refractivity contribution < 1.29 is 24.0 Å². The number of hydrogen-bond acceptors (Lipinski definition) is 8. The predicted octanol–water partition coefficient (Wildman–Crippen LogP) is 5.95. The van der Waals surface area contributed by atoms with Crippen LogP contribution in [0, 0.1) is 33.5 Å². The van der Waals surface area contributed by atoms with E-state index in [1.165, 1.54) is 12.1 Å². The number of likely N-dealkylation sites (tertiary alicyclic amines) is 2. The van der Waals surface area contributed by atoms with E-state index in [-0.39, 0.29) is 69.7 Å². The molecule has 6 fully saturated rings. The zero-order valence-corrected chi connectivity index (χ0v) is 38.4. The Morgan fingerprint density at radius 3 is 2.00 bits per heavy atom. The summed E-state index contributed by atoms with van der Waals surface area (Å²) in [5.74, 6) is -1.16. The molecule has 7 atom stereocenters. The summed E-state index contributed by atoms with van der Waals surface area (Å²) in [6, 6.07) is -2.52. The van der Waals surface area contributed by atoms with Gasteiger partial charge in [-0.3, -0.25) is 33.6 Å². The highest BCUT2D eigenvalue weighted by Gasteiger charge is 2.85. The lowest BCUT2D eigenvalue weighted by atomic mass is 9.73. The number of amides is 5. The Morgan fingerprint density at radius 1 is 0.810 bits per heavy atom. The van der Waals surface area contributed by atoms with E-state index in [4.69, 9.17) is 0 Å². The molecular weight excluding hydrogens is 751 g/mol. The molecule has 12 nitrogen and oxygen atoms in total. The molecule has 328 valence electrons. The zero-order chi connectivity index (χ0) is 42.4. The van der Waals surface area contributed by atoms with E-state index in [0.29, 0.717) is 19.4 Å². The van der Waals surface area contributed by atoms with Crippen molar-refractivity contribution in [2.24, 2.45) is 33.5 Å². The van der Waals surface area contributed by atoms with Gasteiger partial charge in [-0.2, -0.15) is 0 Å². The summed E-state index contributed by atoms with van der Waals surface area (Å²) in [5, 5.41) is 9.71. The summed E-state index contributed by atoms with van der Waals surface area (Å²) in [4.78, 5) is 76.8. The van der Waals surface area contributed by atoms with E-state index in [0.717, 1.165) is 96.7 Å². The van der Waals surface area contributed by atoms with Crippen LogP contribution in [0.15, 0.2) is 0 Å². The van der Waals surface area contributed by atoms with Crippen molar-refractivity contribution in [1.29, 1.82) is 0 Å². The fourth-order valence-electron chi connectivity index (χ4n) is 12.2. The average molecular weight is 828 g/mol. The molecule has 0 aromatic rings. The van der Waals surface area contributed by atoms with Crippen LogP contribution in [0.5, 0.6) is 0 Å². The van der Waals surface area contributed by atoms with Crippen molar-refractivity contribution in [3.8, 4) is 0 Å². The molecule has 0 aromatic heterocycles. The van der Waals surface area contributed by atoms with Gasteiger partial charge in [0.1, 0.15) is 23.7 Å². The average Bonchev–Trinajstić information content (AvgIpc) is 3.90. The normalized spacial score (nSPS) is 31.4. The van der Waals surface area contributed by atoms with Crippen LogP contribution < -0.4 is 20.7 Å². The summed E-state index contributed by atoms with van der Waals surface area (Å²) >= 11 is 1.28. The summed E-state index contributed by atoms with van der Waals surface area (Å²) in [6.45, 7) is 23.7. The van der Waals surface area contributed by atoms with E-state index in [1.54, 1.807) is 4.90 Å². The first-order valence-corrected chi connectivity index (χ1v) is 23.8. The van der Waals surface area contributed by atoms with Gasteiger partial charge in [-0.1, -0.05) is 93.9 Å². The topological polar surface area (TPSA) is 143 Å². The molecule has 2 aliphatic heterocycles. The molecule has 2 spiro atoms. The molecule has 7 unspecified atom stereocenters. The summed E-state index contributed by atoms with van der Waals surface area (Å²) in [7, 11) is 0. The lowest BCUT2D eigenvalue weighted by Gasteiger charge is -2.40. The van der Waals surface area contributed by atoms with Crippen molar-refractivity contribution in [3.63, 3.8) is 0 Å². The van der Waals surface area contributed by atoms with E-state index in [9.17, 15) is 19.2 Å². The summed E-state index contributed by atoms with van der Waals surface area (Å²) in [5.41, 5.74) is -1.90. The number of piperidine rings is 1. The van der Waals surface area contributed by atoms with Crippen LogP contribution in [0.4, 0.5) is 0 Å². The monoisotopic (exact) mass is 828 g/mol. The number of fused-ring (bicyclic) bond motifs is 1. The smallest absolute Gasteiger partial charge is 0.256 e. The largest absolute Gasteiger partial charge is 0.343 e. The Kier molecular flexibility index (Phi) is 13.4. The molecule has 0 bridgehead atoms. The molecule has 6 rings (SSSR count). The van der Waals surface area contributed by atoms with Crippen LogP contribution in [0.1, 0.15) is 159 Å². The maximum atomic E-state index is 15.3. The molecule has 0 aromatic carbocycles. The minimum Gasteiger partial charge on any atom is -0.343 e. The lowest BCUT2D eigenvalue weighted by molar-refractivity contribution is -0.145.